The fourth-order valence-electron chi connectivity index (χ4n) is 9.65. The minimum absolute atomic E-state index is 0.0415. The molecule has 0 radical (unpaired) electrons. The summed E-state index contributed by atoms with van der Waals surface area (Å²) in [5.41, 5.74) is 2.52. The molecule has 1 amide bonds. The van der Waals surface area contributed by atoms with E-state index in [1.807, 2.05) is 42.5 Å². The van der Waals surface area contributed by atoms with Crippen LogP contribution < -0.4 is 0 Å². The second-order valence-electron chi connectivity index (χ2n) is 17.1. The first-order valence-electron chi connectivity index (χ1n) is 20.1. The van der Waals surface area contributed by atoms with E-state index in [-0.39, 0.29) is 30.4 Å². The van der Waals surface area contributed by atoms with Crippen LogP contribution in [0.1, 0.15) is 130 Å². The van der Waals surface area contributed by atoms with Crippen molar-refractivity contribution in [3.05, 3.63) is 105 Å². The van der Waals surface area contributed by atoms with Gasteiger partial charge in [0.05, 0.1) is 18.2 Å². The second-order valence-corrected chi connectivity index (χ2v) is 18.2. The van der Waals surface area contributed by atoms with E-state index in [1.165, 1.54) is 10.5 Å². The average molecular weight is 740 g/mol. The van der Waals surface area contributed by atoms with Crippen molar-refractivity contribution in [3.8, 4) is 0 Å². The SMILES string of the molecule is CC1=CCC[C@@]2(C)[C@@H](CC[C@@]2(O)CN(CCc2cccs2)C(=O)O[C@H]2C[C@@H](C)CC[C@@H]2C(C)C)c2ccc(cc2C(=O)c2ccccc2)C[C@@H](O)CC1. The monoisotopic (exact) mass is 739 g/mol. The van der Waals surface area contributed by atoms with E-state index in [0.29, 0.717) is 74.0 Å². The maximum atomic E-state index is 14.4. The van der Waals surface area contributed by atoms with E-state index in [4.69, 9.17) is 4.74 Å². The van der Waals surface area contributed by atoms with Crippen LogP contribution in [0.15, 0.2) is 77.7 Å². The number of allylic oxidation sites excluding steroid dienone is 2. The largest absolute Gasteiger partial charge is 0.446 e. The Balaban J connectivity index is 1.37. The topological polar surface area (TPSA) is 87.1 Å². The molecule has 0 saturated heterocycles. The van der Waals surface area contributed by atoms with Gasteiger partial charge in [0, 0.05) is 28.0 Å². The van der Waals surface area contributed by atoms with Crippen LogP contribution in [0.5, 0.6) is 0 Å². The minimum Gasteiger partial charge on any atom is -0.446 e. The summed E-state index contributed by atoms with van der Waals surface area (Å²) in [6.45, 7) is 11.7. The third kappa shape index (κ3) is 9.01. The third-order valence-electron chi connectivity index (χ3n) is 13.1. The van der Waals surface area contributed by atoms with Gasteiger partial charge in [-0.3, -0.25) is 4.79 Å². The molecule has 2 fully saturated rings. The maximum Gasteiger partial charge on any atom is 0.410 e. The summed E-state index contributed by atoms with van der Waals surface area (Å²) in [4.78, 5) is 31.7. The van der Waals surface area contributed by atoms with Gasteiger partial charge in [-0.05, 0) is 123 Å². The van der Waals surface area contributed by atoms with E-state index in [9.17, 15) is 19.8 Å². The van der Waals surface area contributed by atoms with Gasteiger partial charge >= 0.3 is 6.09 Å². The van der Waals surface area contributed by atoms with Crippen molar-refractivity contribution in [1.82, 2.24) is 4.90 Å². The molecule has 2 N–H and O–H groups in total. The lowest BCUT2D eigenvalue weighted by atomic mass is 9.64. The number of hydrogen-bond donors (Lipinski definition) is 2. The van der Waals surface area contributed by atoms with Crippen LogP contribution in [0.3, 0.4) is 0 Å². The number of benzene rings is 2. The van der Waals surface area contributed by atoms with Crippen LogP contribution in [0.2, 0.25) is 0 Å². The number of aliphatic hydroxyl groups is 2. The number of nitrogens with zero attached hydrogens (tertiary/aromatic N) is 1. The Morgan fingerprint density at radius 1 is 1.02 bits per heavy atom. The molecule has 3 aromatic rings. The molecule has 7 heteroatoms. The molecule has 286 valence electrons. The van der Waals surface area contributed by atoms with Crippen LogP contribution >= 0.6 is 11.3 Å². The summed E-state index contributed by atoms with van der Waals surface area (Å²) in [5.74, 6) is 1.09. The maximum absolute atomic E-state index is 14.4. The van der Waals surface area contributed by atoms with Gasteiger partial charge in [-0.1, -0.05) is 94.3 Å². The van der Waals surface area contributed by atoms with Crippen molar-refractivity contribution in [2.24, 2.45) is 23.2 Å². The lowest BCUT2D eigenvalue weighted by Crippen LogP contribution is -2.54. The summed E-state index contributed by atoms with van der Waals surface area (Å²) in [5, 5.41) is 26.2. The number of amides is 1. The number of thiophene rings is 1. The quantitative estimate of drug-likeness (QED) is 0.169. The van der Waals surface area contributed by atoms with E-state index in [1.54, 1.807) is 16.2 Å². The van der Waals surface area contributed by atoms with Crippen molar-refractivity contribution in [3.63, 3.8) is 0 Å². The number of carbonyl (C=O) groups is 2. The predicted molar refractivity (Wildman–Crippen MR) is 214 cm³/mol. The lowest BCUT2D eigenvalue weighted by molar-refractivity contribution is -0.0861. The first kappa shape index (κ1) is 39.4. The lowest BCUT2D eigenvalue weighted by Gasteiger charge is -2.46. The Kier molecular flexibility index (Phi) is 12.7. The highest BCUT2D eigenvalue weighted by molar-refractivity contribution is 7.09. The van der Waals surface area contributed by atoms with Crippen molar-refractivity contribution in [1.29, 1.82) is 0 Å². The van der Waals surface area contributed by atoms with Crippen LogP contribution in [-0.2, 0) is 17.6 Å². The summed E-state index contributed by atoms with van der Waals surface area (Å²) in [6, 6.07) is 19.7. The Labute approximate surface area is 321 Å². The zero-order valence-corrected chi connectivity index (χ0v) is 33.4. The summed E-state index contributed by atoms with van der Waals surface area (Å²) >= 11 is 1.69. The molecule has 2 bridgehead atoms. The summed E-state index contributed by atoms with van der Waals surface area (Å²) in [6.07, 6.45) is 9.65. The fourth-order valence-corrected chi connectivity index (χ4v) is 10.3. The van der Waals surface area contributed by atoms with Gasteiger partial charge in [0.25, 0.3) is 0 Å². The number of ether oxygens (including phenoxy) is 1. The molecule has 7 rings (SSSR count). The highest BCUT2D eigenvalue weighted by atomic mass is 32.1. The number of ketones is 1. The number of hydrogen-bond acceptors (Lipinski definition) is 6. The van der Waals surface area contributed by atoms with Gasteiger partial charge in [0.2, 0.25) is 0 Å². The second kappa shape index (κ2) is 17.0. The summed E-state index contributed by atoms with van der Waals surface area (Å²) in [7, 11) is 0. The average Bonchev–Trinajstić information content (AvgIpc) is 3.74. The number of aliphatic hydroxyl groups excluding tert-OH is 1. The number of carbonyl (C=O) groups excluding carboxylic acids is 2. The molecule has 53 heavy (non-hydrogen) atoms. The van der Waals surface area contributed by atoms with Crippen LogP contribution in [0.4, 0.5) is 4.79 Å². The van der Waals surface area contributed by atoms with Crippen molar-refractivity contribution in [2.75, 3.05) is 13.1 Å². The zero-order valence-electron chi connectivity index (χ0n) is 32.6. The molecule has 1 heterocycles. The molecule has 4 aliphatic rings. The molecule has 0 spiro atoms. The van der Waals surface area contributed by atoms with Gasteiger partial charge < -0.3 is 19.8 Å². The van der Waals surface area contributed by atoms with E-state index >= 15 is 0 Å². The molecule has 6 nitrogen and oxygen atoms in total. The normalized spacial score (nSPS) is 29.3. The fraction of sp³-hybridized carbons (Fsp3) is 0.565. The Morgan fingerprint density at radius 3 is 2.55 bits per heavy atom. The van der Waals surface area contributed by atoms with Crippen LogP contribution in [0, 0.1) is 23.2 Å². The third-order valence-corrected chi connectivity index (χ3v) is 14.0. The first-order valence-corrected chi connectivity index (χ1v) is 21.0. The van der Waals surface area contributed by atoms with Crippen molar-refractivity contribution < 1.29 is 24.5 Å². The van der Waals surface area contributed by atoms with Gasteiger partial charge in [-0.15, -0.1) is 11.3 Å². The van der Waals surface area contributed by atoms with Crippen LogP contribution in [-0.4, -0.2) is 57.9 Å². The molecular formula is C46H61NO5S. The first-order chi connectivity index (χ1) is 25.4. The molecule has 1 aromatic heterocycles. The number of rotatable bonds is 9. The zero-order chi connectivity index (χ0) is 37.8. The van der Waals surface area contributed by atoms with Gasteiger partial charge in [0.15, 0.2) is 5.78 Å². The highest BCUT2D eigenvalue weighted by Crippen LogP contribution is 2.59. The van der Waals surface area contributed by atoms with Gasteiger partial charge in [0.1, 0.15) is 6.10 Å². The Morgan fingerprint density at radius 2 is 1.81 bits per heavy atom. The van der Waals surface area contributed by atoms with Crippen molar-refractivity contribution in [2.45, 2.75) is 129 Å². The molecule has 0 aliphatic heterocycles. The van der Waals surface area contributed by atoms with Crippen LogP contribution in [0.25, 0.3) is 0 Å². The molecule has 7 atom stereocenters. The van der Waals surface area contributed by atoms with E-state index in [0.717, 1.165) is 43.2 Å². The molecular weight excluding hydrogens is 679 g/mol. The summed E-state index contributed by atoms with van der Waals surface area (Å²) < 4.78 is 6.47. The minimum atomic E-state index is -1.22. The van der Waals surface area contributed by atoms with Crippen molar-refractivity contribution >= 4 is 23.2 Å². The molecule has 4 aliphatic carbocycles. The molecule has 2 saturated carbocycles. The standard InChI is InChI=1S/C46H61NO5S/c1-31(2)38-19-16-33(4)27-42(38)52-44(50)47(25-22-37-14-10-26-53-37)30-46(51)24-21-41-39-20-17-34(29-40(39)43(49)35-12-7-6-8-13-35)28-36(48)18-15-32(3)11-9-23-45(41,46)5/h6-8,10-14,17,20,26,29,31,33,36,38,41-42,48,51H,9,15-16,18-19,21-25,27-28,30H2,1-5H3/t33-,36-,38+,41-,42-,45-,46+/m0/s1. The van der Waals surface area contributed by atoms with E-state index in [2.05, 4.69) is 64.3 Å². The van der Waals surface area contributed by atoms with Gasteiger partial charge in [-0.2, -0.15) is 0 Å². The molecule has 2 aromatic carbocycles. The highest BCUT2D eigenvalue weighted by Gasteiger charge is 2.58. The predicted octanol–water partition coefficient (Wildman–Crippen LogP) is 10.2. The van der Waals surface area contributed by atoms with E-state index < -0.39 is 17.1 Å². The Bertz CT molecular complexity index is 1720. The molecule has 0 unspecified atom stereocenters. The van der Waals surface area contributed by atoms with Gasteiger partial charge in [-0.25, -0.2) is 4.79 Å². The number of fused-ring (bicyclic) bond motifs is 8. The smallest absolute Gasteiger partial charge is 0.410 e. The Hall–Kier alpha value is -3.26.